The highest BCUT2D eigenvalue weighted by Gasteiger charge is 2.03. The molecule has 3 heteroatoms. The third-order valence-electron chi connectivity index (χ3n) is 0.415. The second-order valence-electron chi connectivity index (χ2n) is 1.89. The van der Waals surface area contributed by atoms with Gasteiger partial charge in [0.1, 0.15) is 0 Å². The first kappa shape index (κ1) is 17.6. The van der Waals surface area contributed by atoms with Crippen molar-refractivity contribution in [2.75, 3.05) is 6.16 Å². The fourth-order valence-corrected chi connectivity index (χ4v) is 0.574. The first-order chi connectivity index (χ1) is 5.60. The molecule has 1 unspecified atom stereocenters. The molecular weight excluding hydrogens is 171 g/mol. The van der Waals surface area contributed by atoms with E-state index in [1.54, 1.807) is 12.2 Å². The van der Waals surface area contributed by atoms with Crippen LogP contribution >= 0.6 is 8.03 Å². The second kappa shape index (κ2) is 22.4. The highest BCUT2D eigenvalue weighted by molar-refractivity contribution is 7.37. The summed E-state index contributed by atoms with van der Waals surface area (Å²) in [6.07, 6.45) is 4.74. The van der Waals surface area contributed by atoms with Gasteiger partial charge >= 0.3 is 8.03 Å². The van der Waals surface area contributed by atoms with Crippen molar-refractivity contribution < 1.29 is 9.46 Å². The Morgan fingerprint density at radius 3 is 1.58 bits per heavy atom. The van der Waals surface area contributed by atoms with Crippen LogP contribution in [0.1, 0.15) is 27.2 Å². The molecule has 0 radical (unpaired) electrons. The summed E-state index contributed by atoms with van der Waals surface area (Å²) >= 11 is 0. The van der Waals surface area contributed by atoms with Gasteiger partial charge in [0.2, 0.25) is 0 Å². The lowest BCUT2D eigenvalue weighted by Gasteiger charge is -1.65. The first-order valence-electron chi connectivity index (χ1n) is 3.88. The topological polar surface area (TPSA) is 37.3 Å². The van der Waals surface area contributed by atoms with Crippen molar-refractivity contribution in [3.63, 3.8) is 0 Å². The van der Waals surface area contributed by atoms with E-state index in [0.717, 1.165) is 6.42 Å². The van der Waals surface area contributed by atoms with E-state index in [1.807, 2.05) is 20.8 Å². The zero-order valence-corrected chi connectivity index (χ0v) is 9.18. The van der Waals surface area contributed by atoms with Crippen LogP contribution in [0.3, 0.4) is 0 Å². The van der Waals surface area contributed by atoms with Gasteiger partial charge < -0.3 is 0 Å². The van der Waals surface area contributed by atoms with Crippen LogP contribution in [0.25, 0.3) is 0 Å². The Hall–Kier alpha value is -0.460. The minimum absolute atomic E-state index is 0.440. The van der Waals surface area contributed by atoms with Gasteiger partial charge in [-0.25, -0.2) is 0 Å². The molecule has 0 aliphatic carbocycles. The molecule has 12 heavy (non-hydrogen) atoms. The van der Waals surface area contributed by atoms with Crippen LogP contribution in [0.15, 0.2) is 25.3 Å². The number of allylic oxidation sites excluding steroid dienone is 2. The first-order valence-corrected chi connectivity index (χ1v) is 5.27. The SMILES string of the molecule is C=CC.C=CC.CCC[P+](=O)O. The predicted molar refractivity (Wildman–Crippen MR) is 56.7 cm³/mol. The van der Waals surface area contributed by atoms with Gasteiger partial charge in [0.25, 0.3) is 0 Å². The zero-order chi connectivity index (χ0) is 10.4. The average molecular weight is 191 g/mol. The van der Waals surface area contributed by atoms with E-state index in [0.29, 0.717) is 6.16 Å². The molecule has 72 valence electrons. The summed E-state index contributed by atoms with van der Waals surface area (Å²) in [6.45, 7) is 12.4. The molecule has 0 aromatic heterocycles. The molecule has 1 N–H and O–H groups in total. The lowest BCUT2D eigenvalue weighted by atomic mass is 10.6. The van der Waals surface area contributed by atoms with Gasteiger partial charge in [0.05, 0.1) is 0 Å². The Morgan fingerprint density at radius 1 is 1.33 bits per heavy atom. The van der Waals surface area contributed by atoms with E-state index in [2.05, 4.69) is 13.2 Å². The van der Waals surface area contributed by atoms with Crippen molar-refractivity contribution in [3.8, 4) is 0 Å². The maximum Gasteiger partial charge on any atom is 0.505 e. The Bertz CT molecular complexity index is 105. The molecule has 0 amide bonds. The van der Waals surface area contributed by atoms with Gasteiger partial charge in [0.15, 0.2) is 6.16 Å². The lowest BCUT2D eigenvalue weighted by Crippen LogP contribution is -1.67. The molecule has 0 rings (SSSR count). The third-order valence-corrected chi connectivity index (χ3v) is 1.24. The van der Waals surface area contributed by atoms with Crippen molar-refractivity contribution in [2.45, 2.75) is 27.2 Å². The summed E-state index contributed by atoms with van der Waals surface area (Å²) in [6, 6.07) is 0. The van der Waals surface area contributed by atoms with Crippen molar-refractivity contribution >= 4 is 8.03 Å². The standard InChI is InChI=1S/C3H7O2P.2C3H6/c1-2-3-6(4)5;2*1-3-2/h2-3H2,1H3;2*3H,1H2,2H3/p+1. The number of hydrogen-bond donors (Lipinski definition) is 1. The lowest BCUT2D eigenvalue weighted by molar-refractivity contribution is 0.502. The summed E-state index contributed by atoms with van der Waals surface area (Å²) in [7, 11) is -1.85. The van der Waals surface area contributed by atoms with E-state index < -0.39 is 8.03 Å². The van der Waals surface area contributed by atoms with E-state index in [4.69, 9.17) is 4.89 Å². The van der Waals surface area contributed by atoms with Crippen LogP contribution in [0, 0.1) is 0 Å². The van der Waals surface area contributed by atoms with Crippen molar-refractivity contribution in [1.82, 2.24) is 0 Å². The van der Waals surface area contributed by atoms with Crippen molar-refractivity contribution in [2.24, 2.45) is 0 Å². The fourth-order valence-electron chi connectivity index (χ4n) is 0.191. The third kappa shape index (κ3) is 108. The van der Waals surface area contributed by atoms with Crippen LogP contribution in [-0.2, 0) is 4.57 Å². The summed E-state index contributed by atoms with van der Waals surface area (Å²) in [5.74, 6) is 0. The van der Waals surface area contributed by atoms with Crippen LogP contribution in [0.2, 0.25) is 0 Å². The summed E-state index contributed by atoms with van der Waals surface area (Å²) in [5.41, 5.74) is 0. The molecule has 2 nitrogen and oxygen atoms in total. The van der Waals surface area contributed by atoms with Gasteiger partial charge in [0, 0.05) is 0 Å². The Kier molecular flexibility index (Phi) is 32.9. The molecule has 0 aliphatic heterocycles. The molecule has 1 atom stereocenters. The highest BCUT2D eigenvalue weighted by atomic mass is 31.1. The van der Waals surface area contributed by atoms with Crippen LogP contribution < -0.4 is 0 Å². The molecule has 0 saturated heterocycles. The number of hydrogen-bond acceptors (Lipinski definition) is 1. The van der Waals surface area contributed by atoms with E-state index in [9.17, 15) is 4.57 Å². The molecule has 0 heterocycles. The molecule has 0 fully saturated rings. The molecule has 0 aromatic carbocycles. The molecule has 0 aromatic rings. The van der Waals surface area contributed by atoms with E-state index >= 15 is 0 Å². The summed E-state index contributed by atoms with van der Waals surface area (Å²) in [5, 5.41) is 0. The largest absolute Gasteiger partial charge is 0.505 e. The normalized spacial score (nSPS) is 7.83. The average Bonchev–Trinajstić information content (AvgIpc) is 1.89. The Labute approximate surface area is 76.9 Å². The van der Waals surface area contributed by atoms with Crippen molar-refractivity contribution in [3.05, 3.63) is 25.3 Å². The van der Waals surface area contributed by atoms with Crippen LogP contribution in [0.4, 0.5) is 0 Å². The van der Waals surface area contributed by atoms with Gasteiger partial charge in [-0.1, -0.05) is 19.1 Å². The minimum atomic E-state index is -1.85. The summed E-state index contributed by atoms with van der Waals surface area (Å²) < 4.78 is 9.75. The van der Waals surface area contributed by atoms with Gasteiger partial charge in [-0.3, -0.25) is 0 Å². The van der Waals surface area contributed by atoms with Crippen molar-refractivity contribution in [1.29, 1.82) is 0 Å². The predicted octanol–water partition coefficient (Wildman–Crippen LogP) is 3.52. The monoisotopic (exact) mass is 191 g/mol. The van der Waals surface area contributed by atoms with Gasteiger partial charge in [-0.15, -0.1) is 13.2 Å². The quantitative estimate of drug-likeness (QED) is 0.535. The molecule has 0 spiro atoms. The minimum Gasteiger partial charge on any atom is -0.161 e. The second-order valence-corrected chi connectivity index (χ2v) is 3.04. The molecule has 0 bridgehead atoms. The zero-order valence-electron chi connectivity index (χ0n) is 8.29. The fraction of sp³-hybridized carbons (Fsp3) is 0.556. The molecule has 0 aliphatic rings. The van der Waals surface area contributed by atoms with Gasteiger partial charge in [-0.2, -0.15) is 4.89 Å². The van der Waals surface area contributed by atoms with E-state index in [1.165, 1.54) is 0 Å². The van der Waals surface area contributed by atoms with E-state index in [-0.39, 0.29) is 0 Å². The molecule has 0 saturated carbocycles. The van der Waals surface area contributed by atoms with Crippen LogP contribution in [-0.4, -0.2) is 11.1 Å². The summed E-state index contributed by atoms with van der Waals surface area (Å²) in [4.78, 5) is 8.06. The molecular formula is C9H20O2P+. The van der Waals surface area contributed by atoms with Gasteiger partial charge in [-0.05, 0) is 24.8 Å². The highest BCUT2D eigenvalue weighted by Crippen LogP contribution is 2.12. The Morgan fingerprint density at radius 2 is 1.58 bits per heavy atom. The maximum atomic E-state index is 9.75. The Balaban J connectivity index is -0.000000115. The smallest absolute Gasteiger partial charge is 0.161 e. The number of rotatable bonds is 2. The van der Waals surface area contributed by atoms with Crippen LogP contribution in [0.5, 0.6) is 0 Å². The maximum absolute atomic E-state index is 9.75.